The number of anilines is 2. The molecule has 0 spiro atoms. The number of nitrogens with zero attached hydrogens (tertiary/aromatic N) is 2. The highest BCUT2D eigenvalue weighted by molar-refractivity contribution is 5.97. The lowest BCUT2D eigenvalue weighted by molar-refractivity contribution is -0.157. The molecule has 0 bridgehead atoms. The SMILES string of the molecule is CCCCCN(C(=O)COC(=O)C1COc2ccccc2O1)c1c(N)n(CCCC)c(=O)[nH]c1=O. The van der Waals surface area contributed by atoms with Crippen molar-refractivity contribution in [1.82, 2.24) is 9.55 Å². The van der Waals surface area contributed by atoms with Crippen molar-refractivity contribution in [3.8, 4) is 11.5 Å². The summed E-state index contributed by atoms with van der Waals surface area (Å²) >= 11 is 0. The number of fused-ring (bicyclic) bond motifs is 1. The number of aromatic nitrogens is 2. The number of esters is 1. The molecule has 0 saturated carbocycles. The summed E-state index contributed by atoms with van der Waals surface area (Å²) in [6.07, 6.45) is 2.74. The van der Waals surface area contributed by atoms with E-state index in [4.69, 9.17) is 19.9 Å². The molecule has 1 aromatic carbocycles. The molecule has 35 heavy (non-hydrogen) atoms. The molecule has 1 aromatic heterocycles. The third-order valence-electron chi connectivity index (χ3n) is 5.62. The predicted octanol–water partition coefficient (Wildman–Crippen LogP) is 1.83. The molecule has 11 heteroatoms. The molecule has 190 valence electrons. The maximum atomic E-state index is 13.1. The van der Waals surface area contributed by atoms with Gasteiger partial charge in [0, 0.05) is 13.1 Å². The number of H-pyrrole nitrogens is 1. The van der Waals surface area contributed by atoms with Crippen molar-refractivity contribution >= 4 is 23.4 Å². The molecule has 11 nitrogen and oxygen atoms in total. The van der Waals surface area contributed by atoms with Gasteiger partial charge in [-0.2, -0.15) is 0 Å². The van der Waals surface area contributed by atoms with Crippen LogP contribution in [0.4, 0.5) is 11.5 Å². The van der Waals surface area contributed by atoms with Gasteiger partial charge in [-0.3, -0.25) is 19.1 Å². The molecular formula is C24H32N4O7. The molecule has 0 aliphatic carbocycles. The molecule has 0 fully saturated rings. The van der Waals surface area contributed by atoms with Crippen molar-refractivity contribution < 1.29 is 23.8 Å². The fraction of sp³-hybridized carbons (Fsp3) is 0.500. The summed E-state index contributed by atoms with van der Waals surface area (Å²) in [6, 6.07) is 6.91. The third kappa shape index (κ3) is 6.23. The Bertz CT molecular complexity index is 1160. The van der Waals surface area contributed by atoms with Crippen LogP contribution in [0, 0.1) is 0 Å². The van der Waals surface area contributed by atoms with Gasteiger partial charge in [0.2, 0.25) is 6.10 Å². The molecule has 1 atom stereocenters. The Balaban J connectivity index is 1.76. The van der Waals surface area contributed by atoms with Crippen LogP contribution in [0.5, 0.6) is 11.5 Å². The van der Waals surface area contributed by atoms with Crippen LogP contribution in [0.3, 0.4) is 0 Å². The summed E-state index contributed by atoms with van der Waals surface area (Å²) in [7, 11) is 0. The molecule has 3 rings (SSSR count). The van der Waals surface area contributed by atoms with Crippen molar-refractivity contribution in [2.75, 3.05) is 30.4 Å². The number of nitrogens with one attached hydrogen (secondary N) is 1. The molecular weight excluding hydrogens is 456 g/mol. The molecule has 3 N–H and O–H groups in total. The first-order chi connectivity index (χ1) is 16.9. The number of carbonyl (C=O) groups excluding carboxylic acids is 2. The summed E-state index contributed by atoms with van der Waals surface area (Å²) in [5, 5.41) is 0. The minimum atomic E-state index is -1.03. The Labute approximate surface area is 202 Å². The van der Waals surface area contributed by atoms with Gasteiger partial charge in [-0.25, -0.2) is 9.59 Å². The van der Waals surface area contributed by atoms with Crippen LogP contribution in [-0.4, -0.2) is 47.3 Å². The topological polar surface area (TPSA) is 146 Å². The van der Waals surface area contributed by atoms with E-state index in [1.807, 2.05) is 13.8 Å². The van der Waals surface area contributed by atoms with E-state index in [9.17, 15) is 19.2 Å². The number of hydrogen-bond donors (Lipinski definition) is 2. The largest absolute Gasteiger partial charge is 0.485 e. The average molecular weight is 489 g/mol. The van der Waals surface area contributed by atoms with Crippen LogP contribution in [0.15, 0.2) is 33.9 Å². The van der Waals surface area contributed by atoms with E-state index in [-0.39, 0.29) is 24.7 Å². The fourth-order valence-corrected chi connectivity index (χ4v) is 3.70. The Morgan fingerprint density at radius 3 is 2.57 bits per heavy atom. The zero-order valence-electron chi connectivity index (χ0n) is 20.1. The first kappa shape index (κ1) is 25.9. The molecule has 1 aliphatic rings. The summed E-state index contributed by atoms with van der Waals surface area (Å²) in [4.78, 5) is 54.1. The monoisotopic (exact) mass is 488 g/mol. The first-order valence-corrected chi connectivity index (χ1v) is 11.8. The van der Waals surface area contributed by atoms with E-state index in [0.717, 1.165) is 19.3 Å². The van der Waals surface area contributed by atoms with Crippen LogP contribution >= 0.6 is 0 Å². The first-order valence-electron chi connectivity index (χ1n) is 11.8. The van der Waals surface area contributed by atoms with Crippen molar-refractivity contribution in [3.63, 3.8) is 0 Å². The van der Waals surface area contributed by atoms with Crippen molar-refractivity contribution in [2.45, 2.75) is 58.6 Å². The van der Waals surface area contributed by atoms with Gasteiger partial charge in [0.05, 0.1) is 0 Å². The molecule has 1 unspecified atom stereocenters. The van der Waals surface area contributed by atoms with Gasteiger partial charge < -0.3 is 24.8 Å². The molecule has 0 saturated heterocycles. The number of nitrogen functional groups attached to an aromatic ring is 1. The van der Waals surface area contributed by atoms with E-state index in [2.05, 4.69) is 4.98 Å². The molecule has 2 aromatic rings. The summed E-state index contributed by atoms with van der Waals surface area (Å²) in [5.74, 6) is -0.575. The highest BCUT2D eigenvalue weighted by Gasteiger charge is 2.30. The zero-order chi connectivity index (χ0) is 25.4. The number of ether oxygens (including phenoxy) is 3. The van der Waals surface area contributed by atoms with E-state index >= 15 is 0 Å². The predicted molar refractivity (Wildman–Crippen MR) is 130 cm³/mol. The third-order valence-corrected chi connectivity index (χ3v) is 5.62. The van der Waals surface area contributed by atoms with Crippen LogP contribution < -0.4 is 31.4 Å². The van der Waals surface area contributed by atoms with Gasteiger partial charge in [0.25, 0.3) is 11.5 Å². The molecule has 0 radical (unpaired) electrons. The summed E-state index contributed by atoms with van der Waals surface area (Å²) < 4.78 is 17.6. The molecule has 2 heterocycles. The Morgan fingerprint density at radius 1 is 1.14 bits per heavy atom. The van der Waals surface area contributed by atoms with Gasteiger partial charge in [0.15, 0.2) is 23.8 Å². The van der Waals surface area contributed by atoms with Gasteiger partial charge in [-0.05, 0) is 25.0 Å². The van der Waals surface area contributed by atoms with Crippen LogP contribution in [0.1, 0.15) is 46.0 Å². The standard InChI is InChI=1S/C24H32N4O7/c1-3-5-9-13-27(20-21(25)28(12-6-4-2)24(32)26-22(20)30)19(29)15-34-23(31)18-14-33-16-10-7-8-11-17(16)35-18/h7-8,10-11,18H,3-6,9,12-15,25H2,1-2H3,(H,26,30,32). The van der Waals surface area contributed by atoms with Gasteiger partial charge in [-0.15, -0.1) is 0 Å². The number of aromatic amines is 1. The van der Waals surface area contributed by atoms with Crippen molar-refractivity contribution in [1.29, 1.82) is 0 Å². The highest BCUT2D eigenvalue weighted by Crippen LogP contribution is 2.31. The van der Waals surface area contributed by atoms with E-state index in [1.54, 1.807) is 24.3 Å². The second-order valence-corrected chi connectivity index (χ2v) is 8.22. The van der Waals surface area contributed by atoms with E-state index in [0.29, 0.717) is 30.9 Å². The second-order valence-electron chi connectivity index (χ2n) is 8.22. The minimum Gasteiger partial charge on any atom is -0.485 e. The number of rotatable bonds is 11. The smallest absolute Gasteiger partial charge is 0.351 e. The Morgan fingerprint density at radius 2 is 1.86 bits per heavy atom. The normalized spacial score (nSPS) is 14.4. The number of amides is 1. The lowest BCUT2D eigenvalue weighted by atomic mass is 10.2. The maximum Gasteiger partial charge on any atom is 0.351 e. The lowest BCUT2D eigenvalue weighted by Crippen LogP contribution is -2.44. The van der Waals surface area contributed by atoms with Gasteiger partial charge in [0.1, 0.15) is 12.4 Å². The number of nitrogens with two attached hydrogens (primary N) is 1. The summed E-state index contributed by atoms with van der Waals surface area (Å²) in [6.45, 7) is 3.77. The number of carbonyl (C=O) groups is 2. The fourth-order valence-electron chi connectivity index (χ4n) is 3.70. The Kier molecular flexibility index (Phi) is 8.93. The van der Waals surface area contributed by atoms with Crippen LogP contribution in [-0.2, 0) is 20.9 Å². The zero-order valence-corrected chi connectivity index (χ0v) is 20.1. The number of para-hydroxylation sites is 2. The minimum absolute atomic E-state index is 0.0563. The highest BCUT2D eigenvalue weighted by atomic mass is 16.6. The van der Waals surface area contributed by atoms with Crippen LogP contribution in [0.25, 0.3) is 0 Å². The maximum absolute atomic E-state index is 13.1. The van der Waals surface area contributed by atoms with E-state index in [1.165, 1.54) is 9.47 Å². The average Bonchev–Trinajstić information content (AvgIpc) is 2.85. The van der Waals surface area contributed by atoms with Gasteiger partial charge in [-0.1, -0.05) is 45.2 Å². The van der Waals surface area contributed by atoms with Crippen molar-refractivity contribution in [2.24, 2.45) is 0 Å². The molecule has 1 aliphatic heterocycles. The quantitative estimate of drug-likeness (QED) is 0.360. The molecule has 1 amide bonds. The number of hydrogen-bond acceptors (Lipinski definition) is 8. The second kappa shape index (κ2) is 12.1. The summed E-state index contributed by atoms with van der Waals surface area (Å²) in [5.41, 5.74) is 4.67. The van der Waals surface area contributed by atoms with Crippen LogP contribution in [0.2, 0.25) is 0 Å². The lowest BCUT2D eigenvalue weighted by Gasteiger charge is -2.26. The van der Waals surface area contributed by atoms with Crippen molar-refractivity contribution in [3.05, 3.63) is 45.1 Å². The number of unbranched alkanes of at least 4 members (excludes halogenated alkanes) is 3. The Hall–Kier alpha value is -3.76. The van der Waals surface area contributed by atoms with E-state index < -0.39 is 35.8 Å². The number of benzene rings is 1. The van der Waals surface area contributed by atoms with Gasteiger partial charge >= 0.3 is 11.7 Å².